The summed E-state index contributed by atoms with van der Waals surface area (Å²) in [6.45, 7) is 0.400. The average molecular weight is 267 g/mol. The zero-order chi connectivity index (χ0) is 12.8. The minimum atomic E-state index is 0.00993. The van der Waals surface area contributed by atoms with Crippen LogP contribution in [0.4, 0.5) is 0 Å². The molecule has 7 nitrogen and oxygen atoms in total. The fraction of sp³-hybridized carbons (Fsp3) is 0.400. The van der Waals surface area contributed by atoms with Crippen LogP contribution in [0.2, 0.25) is 0 Å². The van der Waals surface area contributed by atoms with Gasteiger partial charge in [0.05, 0.1) is 26.0 Å². The van der Waals surface area contributed by atoms with E-state index in [0.717, 1.165) is 5.69 Å². The molecule has 0 fully saturated rings. The minimum Gasteiger partial charge on any atom is -0.481 e. The number of aliphatic hydroxyl groups excluding tert-OH is 1. The Morgan fingerprint density at radius 3 is 3.11 bits per heavy atom. The van der Waals surface area contributed by atoms with Gasteiger partial charge < -0.3 is 9.84 Å². The average Bonchev–Trinajstić information content (AvgIpc) is 2.85. The van der Waals surface area contributed by atoms with Gasteiger partial charge in [-0.05, 0) is 16.5 Å². The van der Waals surface area contributed by atoms with Gasteiger partial charge in [-0.15, -0.1) is 5.10 Å². The third-order valence-electron chi connectivity index (χ3n) is 2.15. The molecule has 0 atom stereocenters. The first-order valence-electron chi connectivity index (χ1n) is 5.33. The van der Waals surface area contributed by atoms with E-state index >= 15 is 0 Å². The molecule has 0 spiro atoms. The van der Waals surface area contributed by atoms with Gasteiger partial charge in [0, 0.05) is 11.8 Å². The molecule has 0 aliphatic heterocycles. The fourth-order valence-electron chi connectivity index (χ4n) is 1.33. The molecule has 0 aliphatic rings. The highest BCUT2D eigenvalue weighted by atomic mass is 32.2. The molecule has 96 valence electrons. The summed E-state index contributed by atoms with van der Waals surface area (Å²) in [4.78, 5) is 4.30. The smallest absolute Gasteiger partial charge is 0.213 e. The summed E-state index contributed by atoms with van der Waals surface area (Å²) in [5.41, 5.74) is 0.887. The van der Waals surface area contributed by atoms with Gasteiger partial charge in [-0.25, -0.2) is 9.67 Å². The van der Waals surface area contributed by atoms with Crippen molar-refractivity contribution in [2.24, 2.45) is 0 Å². The van der Waals surface area contributed by atoms with Crippen molar-refractivity contribution in [2.75, 3.05) is 13.7 Å². The Kier molecular flexibility index (Phi) is 4.48. The number of rotatable bonds is 6. The number of hydrogen-bond acceptors (Lipinski definition) is 7. The Balaban J connectivity index is 1.99. The largest absolute Gasteiger partial charge is 0.481 e. The number of thioether (sulfide) groups is 1. The number of nitrogens with zero attached hydrogens (tertiary/aromatic N) is 5. The number of aliphatic hydroxyl groups is 1. The molecular weight excluding hydrogens is 254 g/mol. The van der Waals surface area contributed by atoms with Gasteiger partial charge in [-0.2, -0.15) is 0 Å². The van der Waals surface area contributed by atoms with Gasteiger partial charge in [0.15, 0.2) is 0 Å². The molecular formula is C10H13N5O2S. The second-order valence-electron chi connectivity index (χ2n) is 3.37. The van der Waals surface area contributed by atoms with E-state index in [1.165, 1.54) is 11.8 Å². The van der Waals surface area contributed by atoms with Gasteiger partial charge in [0.25, 0.3) is 0 Å². The van der Waals surface area contributed by atoms with E-state index in [9.17, 15) is 0 Å². The molecule has 0 bridgehead atoms. The molecule has 0 amide bonds. The zero-order valence-electron chi connectivity index (χ0n) is 9.85. The van der Waals surface area contributed by atoms with Crippen molar-refractivity contribution in [1.82, 2.24) is 25.2 Å². The molecule has 2 rings (SSSR count). The van der Waals surface area contributed by atoms with Gasteiger partial charge in [-0.1, -0.05) is 17.8 Å². The summed E-state index contributed by atoms with van der Waals surface area (Å²) < 4.78 is 6.62. The zero-order valence-corrected chi connectivity index (χ0v) is 10.7. The quantitative estimate of drug-likeness (QED) is 0.756. The second kappa shape index (κ2) is 6.31. The van der Waals surface area contributed by atoms with Crippen molar-refractivity contribution in [3.8, 4) is 5.88 Å². The van der Waals surface area contributed by atoms with E-state index in [1.54, 1.807) is 17.9 Å². The van der Waals surface area contributed by atoms with E-state index in [4.69, 9.17) is 9.84 Å². The van der Waals surface area contributed by atoms with Gasteiger partial charge >= 0.3 is 0 Å². The van der Waals surface area contributed by atoms with E-state index < -0.39 is 0 Å². The van der Waals surface area contributed by atoms with Crippen molar-refractivity contribution >= 4 is 11.8 Å². The number of pyridine rings is 1. The van der Waals surface area contributed by atoms with E-state index in [0.29, 0.717) is 23.3 Å². The summed E-state index contributed by atoms with van der Waals surface area (Å²) in [6, 6.07) is 5.60. The summed E-state index contributed by atoms with van der Waals surface area (Å²) in [5.74, 6) is 1.23. The Morgan fingerprint density at radius 2 is 2.33 bits per heavy atom. The summed E-state index contributed by atoms with van der Waals surface area (Å²) >= 11 is 1.46. The maximum absolute atomic E-state index is 8.86. The monoisotopic (exact) mass is 267 g/mol. The molecule has 1 N–H and O–H groups in total. The van der Waals surface area contributed by atoms with Gasteiger partial charge in [-0.3, -0.25) is 0 Å². The van der Waals surface area contributed by atoms with Crippen LogP contribution in [0.15, 0.2) is 23.4 Å². The van der Waals surface area contributed by atoms with Crippen LogP contribution in [0.3, 0.4) is 0 Å². The molecule has 8 heteroatoms. The molecule has 2 heterocycles. The molecule has 2 aromatic rings. The lowest BCUT2D eigenvalue weighted by molar-refractivity contribution is 0.262. The summed E-state index contributed by atoms with van der Waals surface area (Å²) in [7, 11) is 1.58. The van der Waals surface area contributed by atoms with Crippen LogP contribution < -0.4 is 4.74 Å². The highest BCUT2D eigenvalue weighted by molar-refractivity contribution is 7.98. The Hall–Kier alpha value is -1.67. The van der Waals surface area contributed by atoms with Gasteiger partial charge in [0.2, 0.25) is 11.0 Å². The van der Waals surface area contributed by atoms with Crippen molar-refractivity contribution in [1.29, 1.82) is 0 Å². The first kappa shape index (κ1) is 12.8. The minimum absolute atomic E-state index is 0.00993. The highest BCUT2D eigenvalue weighted by Crippen LogP contribution is 2.19. The predicted molar refractivity (Wildman–Crippen MR) is 65.3 cm³/mol. The maximum Gasteiger partial charge on any atom is 0.213 e. The third-order valence-corrected chi connectivity index (χ3v) is 3.14. The van der Waals surface area contributed by atoms with Crippen molar-refractivity contribution in [3.05, 3.63) is 23.9 Å². The molecule has 18 heavy (non-hydrogen) atoms. The Bertz CT molecular complexity index is 505. The SMILES string of the molecule is COc1cccc(CSc2nnnn2CCO)n1. The predicted octanol–water partition coefficient (Wildman–Crippen LogP) is 0.361. The standard InChI is InChI=1S/C10H13N5O2S/c1-17-9-4-2-3-8(11-9)7-18-10-12-13-14-15(10)5-6-16/h2-4,16H,5-7H2,1H3. The number of methoxy groups -OCH3 is 1. The first-order valence-corrected chi connectivity index (χ1v) is 6.32. The molecule has 0 aliphatic carbocycles. The lowest BCUT2D eigenvalue weighted by Crippen LogP contribution is -2.05. The van der Waals surface area contributed by atoms with Crippen LogP contribution in [0, 0.1) is 0 Å². The van der Waals surface area contributed by atoms with Crippen LogP contribution in [-0.4, -0.2) is 44.0 Å². The van der Waals surface area contributed by atoms with Crippen LogP contribution in [0.5, 0.6) is 5.88 Å². The molecule has 2 aromatic heterocycles. The number of aromatic nitrogens is 5. The van der Waals surface area contributed by atoms with E-state index in [2.05, 4.69) is 20.5 Å². The number of ether oxygens (including phenoxy) is 1. The third kappa shape index (κ3) is 3.17. The van der Waals surface area contributed by atoms with Crippen LogP contribution >= 0.6 is 11.8 Å². The number of hydrogen-bond donors (Lipinski definition) is 1. The maximum atomic E-state index is 8.86. The molecule has 0 unspecified atom stereocenters. The molecule has 0 saturated carbocycles. The lowest BCUT2D eigenvalue weighted by Gasteiger charge is -2.03. The normalized spacial score (nSPS) is 10.6. The van der Waals surface area contributed by atoms with Crippen LogP contribution in [-0.2, 0) is 12.3 Å². The van der Waals surface area contributed by atoms with Gasteiger partial charge in [0.1, 0.15) is 0 Å². The van der Waals surface area contributed by atoms with Crippen molar-refractivity contribution in [3.63, 3.8) is 0 Å². The molecule has 0 radical (unpaired) electrons. The molecule has 0 saturated heterocycles. The first-order chi connectivity index (χ1) is 8.83. The lowest BCUT2D eigenvalue weighted by atomic mass is 10.4. The highest BCUT2D eigenvalue weighted by Gasteiger charge is 2.07. The molecule has 0 aromatic carbocycles. The topological polar surface area (TPSA) is 86.0 Å². The van der Waals surface area contributed by atoms with Crippen LogP contribution in [0.25, 0.3) is 0 Å². The van der Waals surface area contributed by atoms with Crippen molar-refractivity contribution in [2.45, 2.75) is 17.5 Å². The fourth-order valence-corrected chi connectivity index (χ4v) is 2.13. The Labute approximate surface area is 108 Å². The Morgan fingerprint density at radius 1 is 1.44 bits per heavy atom. The summed E-state index contributed by atoms with van der Waals surface area (Å²) in [5, 5.41) is 20.8. The van der Waals surface area contributed by atoms with E-state index in [-0.39, 0.29) is 6.61 Å². The number of tetrazole rings is 1. The second-order valence-corrected chi connectivity index (χ2v) is 4.31. The van der Waals surface area contributed by atoms with Crippen LogP contribution in [0.1, 0.15) is 5.69 Å². The van der Waals surface area contributed by atoms with Crippen molar-refractivity contribution < 1.29 is 9.84 Å². The summed E-state index contributed by atoms with van der Waals surface area (Å²) in [6.07, 6.45) is 0. The van der Waals surface area contributed by atoms with E-state index in [1.807, 2.05) is 12.1 Å².